The fourth-order valence-corrected chi connectivity index (χ4v) is 1.70. The third kappa shape index (κ3) is 2.58. The predicted octanol–water partition coefficient (Wildman–Crippen LogP) is 1.30. The average molecular weight is 230 g/mol. The number of fused-ring (bicyclic) bond motifs is 1. The van der Waals surface area contributed by atoms with Crippen LogP contribution in [0.5, 0.6) is 5.75 Å². The molecule has 0 bridgehead atoms. The van der Waals surface area contributed by atoms with E-state index in [0.717, 1.165) is 5.56 Å². The van der Waals surface area contributed by atoms with Crippen LogP contribution in [0.1, 0.15) is 18.5 Å². The number of ether oxygens (including phenoxy) is 1. The first-order valence-corrected chi connectivity index (χ1v) is 5.44. The maximum Gasteiger partial charge on any atom is 0.262 e. The van der Waals surface area contributed by atoms with E-state index in [1.807, 2.05) is 25.1 Å². The van der Waals surface area contributed by atoms with Gasteiger partial charge in [0.2, 0.25) is 0 Å². The summed E-state index contributed by atoms with van der Waals surface area (Å²) in [5, 5.41) is 5.96. The van der Waals surface area contributed by atoms with Crippen molar-refractivity contribution in [1.29, 1.82) is 0 Å². The molecule has 1 aliphatic rings. The maximum atomic E-state index is 11.2. The first-order valence-electron chi connectivity index (χ1n) is 5.44. The molecule has 1 amide bonds. The van der Waals surface area contributed by atoms with E-state index in [0.29, 0.717) is 18.0 Å². The first kappa shape index (κ1) is 11.5. The Morgan fingerprint density at radius 2 is 2.47 bits per heavy atom. The summed E-state index contributed by atoms with van der Waals surface area (Å²) >= 11 is 0. The monoisotopic (exact) mass is 230 g/mol. The van der Waals surface area contributed by atoms with Gasteiger partial charge >= 0.3 is 0 Å². The van der Waals surface area contributed by atoms with Crippen molar-refractivity contribution in [2.24, 2.45) is 0 Å². The Bertz CT molecular complexity index is 477. The lowest BCUT2D eigenvalue weighted by Gasteiger charge is -2.20. The van der Waals surface area contributed by atoms with Crippen LogP contribution in [-0.4, -0.2) is 19.1 Å². The molecular weight excluding hydrogens is 216 g/mol. The number of rotatable bonds is 3. The molecule has 0 saturated carbocycles. The highest BCUT2D eigenvalue weighted by atomic mass is 16.5. The van der Waals surface area contributed by atoms with Crippen molar-refractivity contribution < 1.29 is 9.53 Å². The topological polar surface area (TPSA) is 50.4 Å². The number of carbonyl (C=O) groups excluding carboxylic acids is 1. The molecule has 2 rings (SSSR count). The molecule has 4 heteroatoms. The van der Waals surface area contributed by atoms with Crippen molar-refractivity contribution in [3.8, 4) is 18.1 Å². The number of amides is 1. The molecule has 0 unspecified atom stereocenters. The summed E-state index contributed by atoms with van der Waals surface area (Å²) in [6.07, 6.45) is 5.19. The fraction of sp³-hybridized carbons (Fsp3) is 0.308. The largest absolute Gasteiger partial charge is 0.482 e. The Kier molecular flexibility index (Phi) is 3.31. The lowest BCUT2D eigenvalue weighted by molar-refractivity contribution is -0.118. The quantitative estimate of drug-likeness (QED) is 0.769. The second kappa shape index (κ2) is 4.89. The zero-order valence-corrected chi connectivity index (χ0v) is 9.62. The van der Waals surface area contributed by atoms with Gasteiger partial charge in [0.25, 0.3) is 5.91 Å². The zero-order valence-electron chi connectivity index (χ0n) is 9.62. The van der Waals surface area contributed by atoms with Gasteiger partial charge in [0.05, 0.1) is 12.2 Å². The first-order chi connectivity index (χ1) is 8.20. The zero-order chi connectivity index (χ0) is 12.3. The number of carbonyl (C=O) groups is 1. The summed E-state index contributed by atoms with van der Waals surface area (Å²) in [5.41, 5.74) is 1.78. The molecule has 0 aromatic heterocycles. The summed E-state index contributed by atoms with van der Waals surface area (Å²) < 4.78 is 5.29. The second-order valence-electron chi connectivity index (χ2n) is 3.90. The Labute approximate surface area is 100 Å². The number of terminal acetylenes is 1. The van der Waals surface area contributed by atoms with Gasteiger partial charge in [0.1, 0.15) is 5.75 Å². The van der Waals surface area contributed by atoms with E-state index < -0.39 is 0 Å². The number of hydrogen-bond acceptors (Lipinski definition) is 3. The van der Waals surface area contributed by atoms with Gasteiger partial charge in [-0.15, -0.1) is 6.42 Å². The number of anilines is 1. The summed E-state index contributed by atoms with van der Waals surface area (Å²) in [6.45, 7) is 2.61. The average Bonchev–Trinajstić information content (AvgIpc) is 2.35. The van der Waals surface area contributed by atoms with Gasteiger partial charge in [-0.05, 0) is 24.6 Å². The van der Waals surface area contributed by atoms with Gasteiger partial charge in [0.15, 0.2) is 6.61 Å². The molecule has 1 aromatic carbocycles. The Balaban J connectivity index is 2.18. The van der Waals surface area contributed by atoms with Crippen LogP contribution in [0, 0.1) is 12.3 Å². The van der Waals surface area contributed by atoms with Gasteiger partial charge in [0, 0.05) is 6.04 Å². The Hall–Kier alpha value is -1.99. The minimum absolute atomic E-state index is 0.0806. The van der Waals surface area contributed by atoms with Crippen molar-refractivity contribution in [1.82, 2.24) is 5.32 Å². The van der Waals surface area contributed by atoms with E-state index in [9.17, 15) is 4.79 Å². The van der Waals surface area contributed by atoms with Crippen molar-refractivity contribution >= 4 is 11.6 Å². The standard InChI is InChI=1S/C13H14N2O2/c1-3-6-14-9(2)10-4-5-12-11(7-10)15-13(16)8-17-12/h1,4-5,7,9,14H,6,8H2,2H3,(H,15,16)/t9-/m0/s1. The molecule has 0 radical (unpaired) electrons. The highest BCUT2D eigenvalue weighted by Gasteiger charge is 2.17. The molecule has 0 aliphatic carbocycles. The molecule has 4 nitrogen and oxygen atoms in total. The van der Waals surface area contributed by atoms with Gasteiger partial charge in [-0.3, -0.25) is 10.1 Å². The molecule has 0 spiro atoms. The molecule has 2 N–H and O–H groups in total. The van der Waals surface area contributed by atoms with E-state index >= 15 is 0 Å². The highest BCUT2D eigenvalue weighted by Crippen LogP contribution is 2.30. The molecule has 0 fully saturated rings. The lowest BCUT2D eigenvalue weighted by atomic mass is 10.1. The van der Waals surface area contributed by atoms with Crippen molar-refractivity contribution in [2.45, 2.75) is 13.0 Å². The van der Waals surface area contributed by atoms with Gasteiger partial charge in [-0.1, -0.05) is 12.0 Å². The van der Waals surface area contributed by atoms with Crippen LogP contribution in [0.4, 0.5) is 5.69 Å². The normalized spacial score (nSPS) is 15.2. The van der Waals surface area contributed by atoms with Crippen LogP contribution >= 0.6 is 0 Å². The Morgan fingerprint density at radius 1 is 1.65 bits per heavy atom. The van der Waals surface area contributed by atoms with Crippen molar-refractivity contribution in [2.75, 3.05) is 18.5 Å². The lowest BCUT2D eigenvalue weighted by Crippen LogP contribution is -2.26. The summed E-state index contributed by atoms with van der Waals surface area (Å²) in [4.78, 5) is 11.2. The smallest absolute Gasteiger partial charge is 0.262 e. The van der Waals surface area contributed by atoms with E-state index in [1.54, 1.807) is 0 Å². The van der Waals surface area contributed by atoms with E-state index in [-0.39, 0.29) is 18.6 Å². The van der Waals surface area contributed by atoms with E-state index in [1.165, 1.54) is 0 Å². The minimum Gasteiger partial charge on any atom is -0.482 e. The third-order valence-corrected chi connectivity index (χ3v) is 2.65. The van der Waals surface area contributed by atoms with E-state index in [4.69, 9.17) is 11.2 Å². The van der Waals surface area contributed by atoms with Crippen molar-refractivity contribution in [3.05, 3.63) is 23.8 Å². The minimum atomic E-state index is -0.126. The summed E-state index contributed by atoms with van der Waals surface area (Å²) in [6, 6.07) is 5.86. The highest BCUT2D eigenvalue weighted by molar-refractivity contribution is 5.95. The molecular formula is C13H14N2O2. The predicted molar refractivity (Wildman–Crippen MR) is 65.8 cm³/mol. The van der Waals surface area contributed by atoms with Crippen LogP contribution < -0.4 is 15.4 Å². The number of nitrogens with one attached hydrogen (secondary N) is 2. The SMILES string of the molecule is C#CCN[C@@H](C)c1ccc2c(c1)NC(=O)CO2. The van der Waals surface area contributed by atoms with Crippen LogP contribution in [0.25, 0.3) is 0 Å². The molecule has 1 heterocycles. The van der Waals surface area contributed by atoms with Gasteiger partial charge < -0.3 is 10.1 Å². The molecule has 1 atom stereocenters. The van der Waals surface area contributed by atoms with Gasteiger partial charge in [-0.2, -0.15) is 0 Å². The van der Waals surface area contributed by atoms with Crippen molar-refractivity contribution in [3.63, 3.8) is 0 Å². The molecule has 1 aromatic rings. The third-order valence-electron chi connectivity index (χ3n) is 2.65. The number of hydrogen-bond donors (Lipinski definition) is 2. The van der Waals surface area contributed by atoms with Crippen LogP contribution in [0.15, 0.2) is 18.2 Å². The molecule has 88 valence electrons. The van der Waals surface area contributed by atoms with Crippen LogP contribution in [0.2, 0.25) is 0 Å². The van der Waals surface area contributed by atoms with Crippen LogP contribution in [-0.2, 0) is 4.79 Å². The van der Waals surface area contributed by atoms with E-state index in [2.05, 4.69) is 16.6 Å². The maximum absolute atomic E-state index is 11.2. The molecule has 1 aliphatic heterocycles. The fourth-order valence-electron chi connectivity index (χ4n) is 1.70. The summed E-state index contributed by atoms with van der Waals surface area (Å²) in [5.74, 6) is 3.11. The molecule has 17 heavy (non-hydrogen) atoms. The summed E-state index contributed by atoms with van der Waals surface area (Å²) in [7, 11) is 0. The number of benzene rings is 1. The second-order valence-corrected chi connectivity index (χ2v) is 3.90. The molecule has 0 saturated heterocycles. The Morgan fingerprint density at radius 3 is 3.24 bits per heavy atom. The van der Waals surface area contributed by atoms with Crippen LogP contribution in [0.3, 0.4) is 0 Å². The van der Waals surface area contributed by atoms with Gasteiger partial charge in [-0.25, -0.2) is 0 Å².